The van der Waals surface area contributed by atoms with Crippen molar-refractivity contribution >= 4 is 17.7 Å². The van der Waals surface area contributed by atoms with Crippen molar-refractivity contribution in [2.24, 2.45) is 11.8 Å². The summed E-state index contributed by atoms with van der Waals surface area (Å²) in [5.41, 5.74) is 2.65. The molecule has 0 spiro atoms. The lowest BCUT2D eigenvalue weighted by atomic mass is 9.69. The number of ether oxygens (including phenoxy) is 4. The van der Waals surface area contributed by atoms with Gasteiger partial charge in [0.15, 0.2) is 5.78 Å². The van der Waals surface area contributed by atoms with Gasteiger partial charge in [-0.15, -0.1) is 0 Å². The van der Waals surface area contributed by atoms with Crippen LogP contribution < -0.4 is 14.8 Å². The number of benzene rings is 1. The molecule has 0 saturated heterocycles. The quantitative estimate of drug-likeness (QED) is 0.461. The van der Waals surface area contributed by atoms with Gasteiger partial charge in [-0.05, 0) is 63.1 Å². The van der Waals surface area contributed by atoms with Gasteiger partial charge in [0.05, 0.1) is 32.8 Å². The summed E-state index contributed by atoms with van der Waals surface area (Å²) in [6, 6.07) is 5.29. The van der Waals surface area contributed by atoms with Gasteiger partial charge in [0.25, 0.3) is 0 Å². The number of carbonyl (C=O) groups excluding carboxylic acids is 3. The zero-order chi connectivity index (χ0) is 26.0. The molecule has 4 rings (SSSR count). The van der Waals surface area contributed by atoms with Gasteiger partial charge in [0.1, 0.15) is 23.5 Å². The van der Waals surface area contributed by atoms with Crippen molar-refractivity contribution in [3.8, 4) is 11.5 Å². The maximum atomic E-state index is 13.9. The van der Waals surface area contributed by atoms with Crippen molar-refractivity contribution in [2.75, 3.05) is 21.3 Å². The first kappa shape index (κ1) is 25.8. The Morgan fingerprint density at radius 3 is 2.39 bits per heavy atom. The highest BCUT2D eigenvalue weighted by molar-refractivity contribution is 6.12. The molecule has 1 aromatic carbocycles. The number of hydrogen-bond donors (Lipinski definition) is 1. The monoisotopic (exact) mass is 497 g/mol. The van der Waals surface area contributed by atoms with Crippen LogP contribution in [-0.2, 0) is 23.9 Å². The molecule has 0 amide bonds. The van der Waals surface area contributed by atoms with E-state index in [9.17, 15) is 14.4 Å². The molecule has 1 aromatic rings. The number of nitrogens with one attached hydrogen (secondary N) is 1. The normalized spacial score (nSPS) is 24.6. The molecule has 1 aliphatic heterocycles. The van der Waals surface area contributed by atoms with Crippen molar-refractivity contribution in [1.29, 1.82) is 0 Å². The second kappa shape index (κ2) is 10.8. The lowest BCUT2D eigenvalue weighted by Gasteiger charge is -2.39. The summed E-state index contributed by atoms with van der Waals surface area (Å²) in [6.07, 6.45) is 5.15. The maximum absolute atomic E-state index is 13.9. The summed E-state index contributed by atoms with van der Waals surface area (Å²) >= 11 is 0. The topological polar surface area (TPSA) is 100 Å². The van der Waals surface area contributed by atoms with E-state index in [4.69, 9.17) is 18.9 Å². The van der Waals surface area contributed by atoms with Crippen LogP contribution in [0.15, 0.2) is 40.7 Å². The molecule has 1 fully saturated rings. The van der Waals surface area contributed by atoms with Crippen LogP contribution in [0.4, 0.5) is 0 Å². The number of ketones is 1. The van der Waals surface area contributed by atoms with Gasteiger partial charge in [-0.2, -0.15) is 0 Å². The fourth-order valence-electron chi connectivity index (χ4n) is 5.72. The molecule has 0 aromatic heterocycles. The summed E-state index contributed by atoms with van der Waals surface area (Å²) in [7, 11) is 4.38. The summed E-state index contributed by atoms with van der Waals surface area (Å²) in [5.74, 6) is -2.32. The molecule has 0 bridgehead atoms. The Hall–Kier alpha value is -3.29. The van der Waals surface area contributed by atoms with E-state index in [-0.39, 0.29) is 17.8 Å². The fraction of sp³-hybridized carbons (Fsp3) is 0.536. The molecule has 3 aliphatic rings. The van der Waals surface area contributed by atoms with Crippen LogP contribution in [0.2, 0.25) is 0 Å². The Morgan fingerprint density at radius 1 is 1.03 bits per heavy atom. The van der Waals surface area contributed by atoms with Crippen LogP contribution in [0, 0.1) is 11.8 Å². The second-order valence-corrected chi connectivity index (χ2v) is 9.81. The number of Topliss-reactive ketones (excluding diaryl/α,β-unsaturated/α-hetero) is 1. The molecule has 36 heavy (non-hydrogen) atoms. The molecule has 8 nitrogen and oxygen atoms in total. The fourth-order valence-corrected chi connectivity index (χ4v) is 5.72. The van der Waals surface area contributed by atoms with E-state index < -0.39 is 23.8 Å². The van der Waals surface area contributed by atoms with E-state index in [1.165, 1.54) is 7.11 Å². The van der Waals surface area contributed by atoms with Gasteiger partial charge in [-0.1, -0.05) is 13.3 Å². The average Bonchev–Trinajstić information content (AvgIpc) is 2.87. The van der Waals surface area contributed by atoms with E-state index in [1.807, 2.05) is 13.8 Å². The molecule has 8 heteroatoms. The Balaban J connectivity index is 1.86. The molecule has 1 N–H and O–H groups in total. The maximum Gasteiger partial charge on any atom is 0.337 e. The molecular weight excluding hydrogens is 462 g/mol. The van der Waals surface area contributed by atoms with Gasteiger partial charge < -0.3 is 24.3 Å². The molecular formula is C28H35NO7. The average molecular weight is 498 g/mol. The Morgan fingerprint density at radius 2 is 1.75 bits per heavy atom. The largest absolute Gasteiger partial charge is 0.497 e. The molecule has 3 atom stereocenters. The Bertz CT molecular complexity index is 1110. The third kappa shape index (κ3) is 4.73. The van der Waals surface area contributed by atoms with Crippen LogP contribution in [0.25, 0.3) is 0 Å². The lowest BCUT2D eigenvalue weighted by Crippen LogP contribution is -2.43. The SMILES string of the molecule is COC(=O)[C@@H]1C(=O)C2=C(C[C@H]1C)NC(C)=C(C(=O)OC1CCCCC1)[C@@H]2c1cc(OC)ccc1OC. The van der Waals surface area contributed by atoms with Crippen molar-refractivity contribution in [1.82, 2.24) is 5.32 Å². The first-order valence-corrected chi connectivity index (χ1v) is 12.6. The minimum Gasteiger partial charge on any atom is -0.497 e. The lowest BCUT2D eigenvalue weighted by molar-refractivity contribution is -0.151. The smallest absolute Gasteiger partial charge is 0.337 e. The van der Waals surface area contributed by atoms with Crippen LogP contribution in [-0.4, -0.2) is 45.2 Å². The van der Waals surface area contributed by atoms with E-state index in [0.717, 1.165) is 32.1 Å². The highest BCUT2D eigenvalue weighted by Gasteiger charge is 2.48. The van der Waals surface area contributed by atoms with Gasteiger partial charge in [0.2, 0.25) is 0 Å². The number of hydrogen-bond acceptors (Lipinski definition) is 8. The van der Waals surface area contributed by atoms with Crippen molar-refractivity contribution in [3.63, 3.8) is 0 Å². The molecule has 0 radical (unpaired) electrons. The third-order valence-electron chi connectivity index (χ3n) is 7.54. The number of dihydropyridines is 1. The van der Waals surface area contributed by atoms with E-state index in [0.29, 0.717) is 46.0 Å². The summed E-state index contributed by atoms with van der Waals surface area (Å²) in [6.45, 7) is 3.68. The third-order valence-corrected chi connectivity index (χ3v) is 7.54. The Kier molecular flexibility index (Phi) is 7.71. The van der Waals surface area contributed by atoms with Crippen LogP contribution >= 0.6 is 0 Å². The predicted molar refractivity (Wildman–Crippen MR) is 132 cm³/mol. The number of esters is 2. The Labute approximate surface area is 212 Å². The minimum absolute atomic E-state index is 0.153. The molecule has 194 valence electrons. The predicted octanol–water partition coefficient (Wildman–Crippen LogP) is 4.19. The van der Waals surface area contributed by atoms with Crippen molar-refractivity contribution in [2.45, 2.75) is 64.4 Å². The molecule has 2 aliphatic carbocycles. The van der Waals surface area contributed by atoms with Crippen LogP contribution in [0.3, 0.4) is 0 Å². The standard InChI is InChI=1S/C28H35NO7/c1-15-13-20-25(26(30)22(15)27(31)35-5)24(19-14-18(33-3)11-12-21(19)34-4)23(16(2)29-20)28(32)36-17-9-7-6-8-10-17/h11-12,14-15,17,22,24,29H,6-10,13H2,1-5H3/t15-,22+,24+/m1/s1. The van der Waals surface area contributed by atoms with Gasteiger partial charge in [0, 0.05) is 22.5 Å². The van der Waals surface area contributed by atoms with Crippen molar-refractivity contribution in [3.05, 3.63) is 46.3 Å². The molecule has 0 unspecified atom stereocenters. The van der Waals surface area contributed by atoms with Crippen LogP contribution in [0.5, 0.6) is 11.5 Å². The molecule has 1 saturated carbocycles. The summed E-state index contributed by atoms with van der Waals surface area (Å²) < 4.78 is 22.1. The highest BCUT2D eigenvalue weighted by Crippen LogP contribution is 2.48. The first-order chi connectivity index (χ1) is 17.3. The van der Waals surface area contributed by atoms with E-state index in [2.05, 4.69) is 5.32 Å². The van der Waals surface area contributed by atoms with Gasteiger partial charge >= 0.3 is 11.9 Å². The van der Waals surface area contributed by atoms with Gasteiger partial charge in [-0.25, -0.2) is 4.79 Å². The minimum atomic E-state index is -0.955. The molecule has 1 heterocycles. The zero-order valence-corrected chi connectivity index (χ0v) is 21.6. The second-order valence-electron chi connectivity index (χ2n) is 9.81. The van der Waals surface area contributed by atoms with Crippen molar-refractivity contribution < 1.29 is 33.3 Å². The number of methoxy groups -OCH3 is 3. The first-order valence-electron chi connectivity index (χ1n) is 12.6. The van der Waals surface area contributed by atoms with E-state index in [1.54, 1.807) is 32.4 Å². The zero-order valence-electron chi connectivity index (χ0n) is 21.6. The number of carbonyl (C=O) groups is 3. The highest BCUT2D eigenvalue weighted by atomic mass is 16.5. The van der Waals surface area contributed by atoms with Gasteiger partial charge in [-0.3, -0.25) is 9.59 Å². The number of allylic oxidation sites excluding steroid dienone is 3. The summed E-state index contributed by atoms with van der Waals surface area (Å²) in [5, 5.41) is 3.30. The number of rotatable bonds is 6. The summed E-state index contributed by atoms with van der Waals surface area (Å²) in [4.78, 5) is 40.3. The van der Waals surface area contributed by atoms with Crippen LogP contribution in [0.1, 0.15) is 63.9 Å². The van der Waals surface area contributed by atoms with E-state index >= 15 is 0 Å².